The third-order valence-electron chi connectivity index (χ3n) is 6.09. The highest BCUT2D eigenvalue weighted by atomic mass is 32.2. The molecule has 4 rings (SSSR count). The Hall–Kier alpha value is -4.04. The van der Waals surface area contributed by atoms with Gasteiger partial charge >= 0.3 is 11.9 Å². The van der Waals surface area contributed by atoms with Gasteiger partial charge in [0.15, 0.2) is 10.8 Å². The van der Waals surface area contributed by atoms with Crippen molar-refractivity contribution < 1.29 is 39.0 Å². The minimum atomic E-state index is -1.32. The summed E-state index contributed by atoms with van der Waals surface area (Å²) in [5.41, 5.74) is 0.148. The molecule has 1 unspecified atom stereocenters. The monoisotopic (exact) mass is 653 g/mol. The molecule has 4 N–H and O–H groups in total. The lowest BCUT2D eigenvalue weighted by atomic mass is 10.0. The number of fused-ring (bicyclic) bond motifs is 1. The number of β-lactam (4-membered cyclic amide) rings is 1. The van der Waals surface area contributed by atoms with Crippen LogP contribution >= 0.6 is 34.9 Å². The topological polar surface area (TPSA) is 231 Å². The van der Waals surface area contributed by atoms with Crippen LogP contribution in [0.25, 0.3) is 0 Å². The van der Waals surface area contributed by atoms with Gasteiger partial charge in [0.05, 0.1) is 0 Å². The Morgan fingerprint density at radius 1 is 1.28 bits per heavy atom. The first-order valence-corrected chi connectivity index (χ1v) is 15.8. The number of hydrogen-bond acceptors (Lipinski definition) is 14. The summed E-state index contributed by atoms with van der Waals surface area (Å²) < 4.78 is 1.07. The van der Waals surface area contributed by atoms with Crippen molar-refractivity contribution in [3.05, 3.63) is 22.3 Å². The zero-order chi connectivity index (χ0) is 30.9. The van der Waals surface area contributed by atoms with Crippen LogP contribution in [0.2, 0.25) is 0 Å². The molecule has 0 spiro atoms. The smallest absolute Gasteiger partial charge is 0.352 e. The van der Waals surface area contributed by atoms with Crippen LogP contribution in [0.15, 0.2) is 27.0 Å². The highest BCUT2D eigenvalue weighted by Gasteiger charge is 2.54. The molecule has 2 aliphatic heterocycles. The molecule has 0 aliphatic carbocycles. The lowest BCUT2D eigenvalue weighted by molar-refractivity contribution is -0.150. The van der Waals surface area contributed by atoms with E-state index in [-0.39, 0.29) is 45.5 Å². The average molecular weight is 654 g/mol. The van der Waals surface area contributed by atoms with Crippen LogP contribution in [-0.4, -0.2) is 106 Å². The Labute approximate surface area is 256 Å². The predicted octanol–water partition coefficient (Wildman–Crippen LogP) is 0.614. The van der Waals surface area contributed by atoms with Crippen LogP contribution in [0.4, 0.5) is 5.13 Å². The maximum Gasteiger partial charge on any atom is 0.352 e. The first-order valence-electron chi connectivity index (χ1n) is 12.9. The number of hydrogen-bond donors (Lipinski definition) is 4. The van der Waals surface area contributed by atoms with Gasteiger partial charge in [0.25, 0.3) is 11.8 Å². The minimum absolute atomic E-state index is 0.0928. The largest absolute Gasteiger partial charge is 0.480 e. The number of carbonyl (C=O) groups is 5. The number of nitrogens with zero attached hydrogens (tertiary/aromatic N) is 7. The molecule has 0 radical (unpaired) electrons. The number of oxime groups is 1. The number of aromatic nitrogens is 5. The van der Waals surface area contributed by atoms with Gasteiger partial charge < -0.3 is 25.7 Å². The zero-order valence-corrected chi connectivity index (χ0v) is 25.1. The summed E-state index contributed by atoms with van der Waals surface area (Å²) in [7, 11) is 0. The predicted molar refractivity (Wildman–Crippen MR) is 154 cm³/mol. The van der Waals surface area contributed by atoms with Gasteiger partial charge in [-0.25, -0.2) is 14.5 Å². The molecule has 17 nitrogen and oxygen atoms in total. The molecule has 43 heavy (non-hydrogen) atoms. The second kappa shape index (κ2) is 14.9. The molecule has 1 fully saturated rings. The summed E-state index contributed by atoms with van der Waals surface area (Å²) in [6.45, 7) is 1.88. The molecular weight excluding hydrogens is 627 g/mol. The number of nitrogens with one attached hydrogen (secondary N) is 2. The number of rotatable bonds is 17. The Bertz CT molecular complexity index is 1440. The Morgan fingerprint density at radius 2 is 2.09 bits per heavy atom. The summed E-state index contributed by atoms with van der Waals surface area (Å²) in [5.74, 6) is -3.51. The second-order valence-corrected chi connectivity index (χ2v) is 12.0. The van der Waals surface area contributed by atoms with Gasteiger partial charge in [-0.3, -0.25) is 24.1 Å². The summed E-state index contributed by atoms with van der Waals surface area (Å²) >= 11 is 3.38. The molecule has 230 valence electrons. The molecule has 0 saturated carbocycles. The van der Waals surface area contributed by atoms with Crippen molar-refractivity contribution in [2.75, 3.05) is 23.4 Å². The number of amides is 3. The average Bonchev–Trinajstić information content (AvgIpc) is 3.62. The van der Waals surface area contributed by atoms with Crippen LogP contribution in [-0.2, 0) is 35.4 Å². The standard InChI is InChI=1S/C23H27N9O8S3/c1-2-3-4-5-6-40-28-15(13-10-42-22(25-13)24-11-33)18(36)26-16-19(37)32-17(21(38)39)12(8-41-20(16)32)9-43-23-27-29-30-31(23)7-14(34)35/h10-11,16,20H,2-9H2,1H3,(H,26,36)(H,34,35)(H,38,39)(H,24,25,33)/t16?,20-/m0/s1. The van der Waals surface area contributed by atoms with E-state index < -0.39 is 41.7 Å². The lowest BCUT2D eigenvalue weighted by Crippen LogP contribution is -2.71. The van der Waals surface area contributed by atoms with Gasteiger partial charge in [0.2, 0.25) is 11.6 Å². The van der Waals surface area contributed by atoms with E-state index in [2.05, 4.69) is 43.2 Å². The van der Waals surface area contributed by atoms with Crippen molar-refractivity contribution in [1.29, 1.82) is 0 Å². The van der Waals surface area contributed by atoms with Gasteiger partial charge in [0.1, 0.15) is 36.0 Å². The van der Waals surface area contributed by atoms with Crippen molar-refractivity contribution in [2.45, 2.75) is 55.7 Å². The molecule has 0 bridgehead atoms. The molecular formula is C23H27N9O8S3. The second-order valence-electron chi connectivity index (χ2n) is 9.05. The van der Waals surface area contributed by atoms with Crippen LogP contribution < -0.4 is 10.6 Å². The van der Waals surface area contributed by atoms with Crippen molar-refractivity contribution in [3.8, 4) is 0 Å². The first-order chi connectivity index (χ1) is 20.7. The molecule has 20 heteroatoms. The number of thioether (sulfide) groups is 2. The SMILES string of the molecule is CCCCCCON=C(C(=O)NC1C(=O)N2C(C(=O)O)=C(CSc3nnnn3CC(=O)O)CS[C@@H]12)c1csc(NC=O)n1. The van der Waals surface area contributed by atoms with E-state index in [0.717, 1.165) is 58.4 Å². The van der Waals surface area contributed by atoms with Crippen LogP contribution in [0.1, 0.15) is 38.3 Å². The van der Waals surface area contributed by atoms with Crippen LogP contribution in [0.5, 0.6) is 0 Å². The van der Waals surface area contributed by atoms with Crippen molar-refractivity contribution in [3.63, 3.8) is 0 Å². The fourth-order valence-corrected chi connectivity index (χ4v) is 7.11. The van der Waals surface area contributed by atoms with E-state index in [9.17, 15) is 29.1 Å². The van der Waals surface area contributed by atoms with Gasteiger partial charge in [-0.05, 0) is 28.8 Å². The molecule has 4 heterocycles. The quantitative estimate of drug-likeness (QED) is 0.0458. The van der Waals surface area contributed by atoms with E-state index in [4.69, 9.17) is 9.94 Å². The number of thiazole rings is 1. The molecule has 1 saturated heterocycles. The number of unbranched alkanes of at least 4 members (excludes halogenated alkanes) is 3. The summed E-state index contributed by atoms with van der Waals surface area (Å²) in [5, 5.41) is 40.1. The third-order valence-corrected chi connectivity index (χ3v) is 9.24. The molecule has 2 aromatic rings. The van der Waals surface area contributed by atoms with Crippen LogP contribution in [0.3, 0.4) is 0 Å². The number of carbonyl (C=O) groups excluding carboxylic acids is 3. The van der Waals surface area contributed by atoms with Gasteiger partial charge in [-0.1, -0.05) is 36.7 Å². The van der Waals surface area contributed by atoms with E-state index in [1.54, 1.807) is 0 Å². The third kappa shape index (κ3) is 7.68. The maximum atomic E-state index is 13.3. The molecule has 2 aliphatic rings. The fraction of sp³-hybridized carbons (Fsp3) is 0.478. The minimum Gasteiger partial charge on any atom is -0.480 e. The Balaban J connectivity index is 1.46. The highest BCUT2D eigenvalue weighted by Crippen LogP contribution is 2.41. The Kier molecular flexibility index (Phi) is 11.1. The number of carboxylic acid groups (broad SMARTS) is 2. The molecule has 3 amide bonds. The highest BCUT2D eigenvalue weighted by molar-refractivity contribution is 8.01. The van der Waals surface area contributed by atoms with E-state index in [1.807, 2.05) is 0 Å². The number of carboxylic acids is 2. The van der Waals surface area contributed by atoms with Crippen molar-refractivity contribution in [2.24, 2.45) is 5.16 Å². The van der Waals surface area contributed by atoms with E-state index in [1.165, 1.54) is 17.1 Å². The molecule has 2 aromatic heterocycles. The molecule has 0 aromatic carbocycles. The van der Waals surface area contributed by atoms with Crippen molar-refractivity contribution in [1.82, 2.24) is 35.4 Å². The molecule has 2 atom stereocenters. The van der Waals surface area contributed by atoms with E-state index >= 15 is 0 Å². The fourth-order valence-electron chi connectivity index (χ4n) is 4.09. The lowest BCUT2D eigenvalue weighted by Gasteiger charge is -2.49. The number of tetrazole rings is 1. The summed E-state index contributed by atoms with van der Waals surface area (Å²) in [6, 6.07) is -1.04. The van der Waals surface area contributed by atoms with Gasteiger partial charge in [0, 0.05) is 16.9 Å². The first kappa shape index (κ1) is 31.9. The van der Waals surface area contributed by atoms with E-state index in [0.29, 0.717) is 12.0 Å². The number of anilines is 1. The summed E-state index contributed by atoms with van der Waals surface area (Å²) in [4.78, 5) is 71.2. The summed E-state index contributed by atoms with van der Waals surface area (Å²) in [6.07, 6.45) is 4.19. The number of aliphatic carboxylic acids is 2. The zero-order valence-electron chi connectivity index (χ0n) is 22.7. The van der Waals surface area contributed by atoms with Gasteiger partial charge in [-0.2, -0.15) is 0 Å². The van der Waals surface area contributed by atoms with Gasteiger partial charge in [-0.15, -0.1) is 28.2 Å². The maximum absolute atomic E-state index is 13.3. The van der Waals surface area contributed by atoms with Crippen LogP contribution in [0, 0.1) is 0 Å². The van der Waals surface area contributed by atoms with Crippen molar-refractivity contribution >= 4 is 75.9 Å². The Morgan fingerprint density at radius 3 is 2.81 bits per heavy atom. The normalized spacial score (nSPS) is 18.1.